The maximum Gasteiger partial charge on any atom is 0.427 e. The molecule has 2 N–H and O–H groups in total. The van der Waals surface area contributed by atoms with Crippen LogP contribution in [0.25, 0.3) is 0 Å². The first-order valence-electron chi connectivity index (χ1n) is 8.52. The van der Waals surface area contributed by atoms with Crippen molar-refractivity contribution in [3.63, 3.8) is 0 Å². The smallest absolute Gasteiger partial charge is 0.427 e. The molecule has 0 bridgehead atoms. The van der Waals surface area contributed by atoms with Crippen LogP contribution in [0.5, 0.6) is 0 Å². The quantitative estimate of drug-likeness (QED) is 0.743. The van der Waals surface area contributed by atoms with E-state index >= 15 is 0 Å². The number of hydrogen-bond donors (Lipinski definition) is 2. The lowest BCUT2D eigenvalue weighted by Gasteiger charge is -2.28. The molecule has 0 radical (unpaired) electrons. The Kier molecular flexibility index (Phi) is 6.22. The number of hydrogen-bond acceptors (Lipinski definition) is 5. The molecular formula is C18H23F3N2O4. The van der Waals surface area contributed by atoms with Crippen molar-refractivity contribution in [3.8, 4) is 0 Å². The molecule has 150 valence electrons. The molecule has 6 nitrogen and oxygen atoms in total. The number of carbonyl (C=O) groups is 2. The first-order valence-corrected chi connectivity index (χ1v) is 8.52. The van der Waals surface area contributed by atoms with Crippen molar-refractivity contribution in [2.24, 2.45) is 5.92 Å². The molecule has 0 saturated heterocycles. The Hall–Kier alpha value is -2.45. The molecule has 1 aliphatic heterocycles. The van der Waals surface area contributed by atoms with Gasteiger partial charge in [-0.3, -0.25) is 10.1 Å². The number of alkyl halides is 3. The third-order valence-electron chi connectivity index (χ3n) is 4.46. The molecule has 0 aliphatic carbocycles. The molecule has 1 aliphatic rings. The Morgan fingerprint density at radius 2 is 2.00 bits per heavy atom. The molecule has 0 fully saturated rings. The normalized spacial score (nSPS) is 16.7. The number of halogens is 3. The zero-order valence-corrected chi connectivity index (χ0v) is 15.4. The third kappa shape index (κ3) is 5.51. The molecule has 1 amide bonds. The van der Waals surface area contributed by atoms with Gasteiger partial charge in [0.25, 0.3) is 0 Å². The van der Waals surface area contributed by atoms with E-state index in [-0.39, 0.29) is 11.9 Å². The van der Waals surface area contributed by atoms with E-state index in [1.807, 2.05) is 0 Å². The highest BCUT2D eigenvalue weighted by atomic mass is 19.4. The van der Waals surface area contributed by atoms with Gasteiger partial charge in [0.15, 0.2) is 0 Å². The SMILES string of the molecule is COC(=O)CC[C@@H]1CNc2cc(NC(=O)OC(C)(C)C(F)(F)F)ccc2C1. The Balaban J connectivity index is 1.95. The summed E-state index contributed by atoms with van der Waals surface area (Å²) in [5, 5.41) is 5.53. The van der Waals surface area contributed by atoms with Crippen molar-refractivity contribution in [2.75, 3.05) is 24.3 Å². The number of rotatable bonds is 5. The van der Waals surface area contributed by atoms with E-state index in [0.29, 0.717) is 25.1 Å². The van der Waals surface area contributed by atoms with Crippen molar-refractivity contribution in [1.29, 1.82) is 0 Å². The van der Waals surface area contributed by atoms with Crippen molar-refractivity contribution in [3.05, 3.63) is 23.8 Å². The molecule has 1 aromatic carbocycles. The minimum Gasteiger partial charge on any atom is -0.469 e. The summed E-state index contributed by atoms with van der Waals surface area (Å²) in [7, 11) is 1.35. The van der Waals surface area contributed by atoms with Gasteiger partial charge in [-0.05, 0) is 50.3 Å². The number of fused-ring (bicyclic) bond motifs is 1. The Morgan fingerprint density at radius 3 is 2.63 bits per heavy atom. The van der Waals surface area contributed by atoms with E-state index in [0.717, 1.165) is 31.5 Å². The number of carbonyl (C=O) groups excluding carboxylic acids is 2. The summed E-state index contributed by atoms with van der Waals surface area (Å²) in [5.41, 5.74) is -0.462. The van der Waals surface area contributed by atoms with Crippen LogP contribution in [0.3, 0.4) is 0 Å². The molecule has 1 atom stereocenters. The van der Waals surface area contributed by atoms with E-state index in [1.165, 1.54) is 7.11 Å². The fraction of sp³-hybridized carbons (Fsp3) is 0.556. The lowest BCUT2D eigenvalue weighted by molar-refractivity contribution is -0.242. The Bertz CT molecular complexity index is 704. The van der Waals surface area contributed by atoms with E-state index in [1.54, 1.807) is 18.2 Å². The predicted molar refractivity (Wildman–Crippen MR) is 93.6 cm³/mol. The van der Waals surface area contributed by atoms with Crippen LogP contribution in [0.15, 0.2) is 18.2 Å². The number of benzene rings is 1. The van der Waals surface area contributed by atoms with Crippen LogP contribution in [0.4, 0.5) is 29.3 Å². The molecule has 9 heteroatoms. The minimum atomic E-state index is -4.67. The number of ether oxygens (including phenoxy) is 2. The van der Waals surface area contributed by atoms with E-state index in [2.05, 4.69) is 20.1 Å². The summed E-state index contributed by atoms with van der Waals surface area (Å²) >= 11 is 0. The van der Waals surface area contributed by atoms with Crippen LogP contribution < -0.4 is 10.6 Å². The van der Waals surface area contributed by atoms with Gasteiger partial charge in [0.05, 0.1) is 7.11 Å². The summed E-state index contributed by atoms with van der Waals surface area (Å²) in [6.07, 6.45) is -4.05. The molecule has 0 spiro atoms. The molecule has 1 heterocycles. The summed E-state index contributed by atoms with van der Waals surface area (Å²) in [6.45, 7) is 2.23. The maximum absolute atomic E-state index is 12.8. The van der Waals surface area contributed by atoms with Crippen molar-refractivity contribution in [2.45, 2.75) is 44.9 Å². The molecule has 1 aromatic rings. The first-order chi connectivity index (χ1) is 12.5. The average molecular weight is 388 g/mol. The largest absolute Gasteiger partial charge is 0.469 e. The number of methoxy groups -OCH3 is 1. The van der Waals surface area contributed by atoms with Crippen LogP contribution in [0.1, 0.15) is 32.3 Å². The summed E-state index contributed by atoms with van der Waals surface area (Å²) < 4.78 is 47.5. The second kappa shape index (κ2) is 8.06. The van der Waals surface area contributed by atoms with Gasteiger partial charge in [0.2, 0.25) is 5.60 Å². The molecule has 0 unspecified atom stereocenters. The van der Waals surface area contributed by atoms with Gasteiger partial charge >= 0.3 is 18.2 Å². The van der Waals surface area contributed by atoms with Crippen molar-refractivity contribution >= 4 is 23.4 Å². The van der Waals surface area contributed by atoms with E-state index in [9.17, 15) is 22.8 Å². The lowest BCUT2D eigenvalue weighted by Crippen LogP contribution is -2.44. The van der Waals surface area contributed by atoms with Crippen LogP contribution in [0.2, 0.25) is 0 Å². The number of nitrogens with one attached hydrogen (secondary N) is 2. The summed E-state index contributed by atoms with van der Waals surface area (Å²) in [4.78, 5) is 23.0. The second-order valence-electron chi connectivity index (χ2n) is 6.96. The van der Waals surface area contributed by atoms with Gasteiger partial charge in [-0.15, -0.1) is 0 Å². The second-order valence-corrected chi connectivity index (χ2v) is 6.96. The van der Waals surface area contributed by atoms with Crippen LogP contribution in [-0.4, -0.2) is 37.5 Å². The van der Waals surface area contributed by atoms with Gasteiger partial charge in [0, 0.05) is 24.3 Å². The monoisotopic (exact) mass is 388 g/mol. The fourth-order valence-electron chi connectivity index (χ4n) is 2.70. The zero-order valence-electron chi connectivity index (χ0n) is 15.4. The van der Waals surface area contributed by atoms with Crippen LogP contribution >= 0.6 is 0 Å². The van der Waals surface area contributed by atoms with Crippen LogP contribution in [-0.2, 0) is 20.7 Å². The molecule has 27 heavy (non-hydrogen) atoms. The van der Waals surface area contributed by atoms with Gasteiger partial charge < -0.3 is 14.8 Å². The van der Waals surface area contributed by atoms with Crippen LogP contribution in [0, 0.1) is 5.92 Å². The minimum absolute atomic E-state index is 0.249. The fourth-order valence-corrected chi connectivity index (χ4v) is 2.70. The predicted octanol–water partition coefficient (Wildman–Crippen LogP) is 4.11. The van der Waals surface area contributed by atoms with Gasteiger partial charge in [-0.2, -0.15) is 13.2 Å². The van der Waals surface area contributed by atoms with E-state index in [4.69, 9.17) is 0 Å². The number of esters is 1. The zero-order chi connectivity index (χ0) is 20.2. The molecule has 0 aromatic heterocycles. The third-order valence-corrected chi connectivity index (χ3v) is 4.46. The Labute approximate surface area is 155 Å². The topological polar surface area (TPSA) is 76.7 Å². The summed E-state index contributed by atoms with van der Waals surface area (Å²) in [6, 6.07) is 5.04. The van der Waals surface area contributed by atoms with Gasteiger partial charge in [-0.1, -0.05) is 6.07 Å². The van der Waals surface area contributed by atoms with Crippen molar-refractivity contribution in [1.82, 2.24) is 0 Å². The van der Waals surface area contributed by atoms with Crippen molar-refractivity contribution < 1.29 is 32.2 Å². The molecule has 2 rings (SSSR count). The summed E-state index contributed by atoms with van der Waals surface area (Å²) in [5.74, 6) is 0.0218. The number of amides is 1. The Morgan fingerprint density at radius 1 is 1.30 bits per heavy atom. The molecule has 0 saturated carbocycles. The average Bonchev–Trinajstić information content (AvgIpc) is 2.57. The van der Waals surface area contributed by atoms with Gasteiger partial charge in [-0.25, -0.2) is 4.79 Å². The highest BCUT2D eigenvalue weighted by molar-refractivity contribution is 5.86. The van der Waals surface area contributed by atoms with Gasteiger partial charge in [0.1, 0.15) is 0 Å². The van der Waals surface area contributed by atoms with E-state index < -0.39 is 17.9 Å². The standard InChI is InChI=1S/C18H23F3N2O4/c1-17(2,18(19,20)21)27-16(25)23-13-6-5-12-8-11(4-7-15(24)26-3)10-22-14(12)9-13/h5-6,9,11,22H,4,7-8,10H2,1-3H3,(H,23,25)/t11-/m0/s1. The highest BCUT2D eigenvalue weighted by Crippen LogP contribution is 2.34. The molecular weight excluding hydrogens is 365 g/mol. The lowest BCUT2D eigenvalue weighted by atomic mass is 9.90. The number of anilines is 2. The maximum atomic E-state index is 12.8. The highest BCUT2D eigenvalue weighted by Gasteiger charge is 2.50. The first kappa shape index (κ1) is 20.9.